The predicted octanol–water partition coefficient (Wildman–Crippen LogP) is 9.51. The molecule has 10 rings (SSSR count). The van der Waals surface area contributed by atoms with Gasteiger partial charge in [0.05, 0.1) is 16.7 Å². The molecule has 384 valence electrons. The summed E-state index contributed by atoms with van der Waals surface area (Å²) in [6, 6.07) is 60.7. The number of rotatable bonds is 15. The molecule has 15 heteroatoms. The van der Waals surface area contributed by atoms with E-state index in [0.717, 1.165) is 18.2 Å². The second-order valence-electron chi connectivity index (χ2n) is 17.8. The van der Waals surface area contributed by atoms with Crippen LogP contribution in [0.2, 0.25) is 0 Å². The zero-order chi connectivity index (χ0) is 54.4. The Morgan fingerprint density at radius 3 is 0.667 bits per heavy atom. The van der Waals surface area contributed by atoms with Gasteiger partial charge >= 0.3 is 17.9 Å². The third-order valence-electron chi connectivity index (χ3n) is 12.9. The van der Waals surface area contributed by atoms with Gasteiger partial charge in [0.15, 0.2) is 17.5 Å². The van der Waals surface area contributed by atoms with Gasteiger partial charge in [-0.15, -0.1) is 0 Å². The summed E-state index contributed by atoms with van der Waals surface area (Å²) < 4.78 is 17.2. The first-order valence-electron chi connectivity index (χ1n) is 24.2. The Kier molecular flexibility index (Phi) is 14.1. The van der Waals surface area contributed by atoms with Crippen LogP contribution in [0.25, 0.3) is 34.2 Å². The Balaban J connectivity index is 1.01. The zero-order valence-corrected chi connectivity index (χ0v) is 41.0. The van der Waals surface area contributed by atoms with Gasteiger partial charge in [-0.2, -0.15) is 0 Å². The average Bonchev–Trinajstić information content (AvgIpc) is 3.60. The minimum atomic E-state index is -2.25. The summed E-state index contributed by atoms with van der Waals surface area (Å²) >= 11 is 0. The van der Waals surface area contributed by atoms with Crippen molar-refractivity contribution in [2.24, 2.45) is 0 Å². The monoisotopic (exact) mass is 1040 g/mol. The molecule has 0 bridgehead atoms. The SMILES string of the molecule is O=C(Oc1ccc(-c2nc(-c3ccc(OC(=O)C(O)(c4ccccc4)c4ccccc4)cc3O)nc(-c3ccc(OC(=O)C(O)(c4ccccc4)c4ccccc4)cc3O)n2)c(O)c1)C(O)(c1ccccc1)c1ccccc1. The quantitative estimate of drug-likeness (QED) is 0.0414. The summed E-state index contributed by atoms with van der Waals surface area (Å²) in [6.07, 6.45) is 0. The van der Waals surface area contributed by atoms with Crippen LogP contribution in [0.15, 0.2) is 237 Å². The summed E-state index contributed by atoms with van der Waals surface area (Å²) in [4.78, 5) is 55.7. The van der Waals surface area contributed by atoms with Crippen molar-refractivity contribution in [1.29, 1.82) is 0 Å². The summed E-state index contributed by atoms with van der Waals surface area (Å²) in [5, 5.41) is 70.9. The van der Waals surface area contributed by atoms with Crippen LogP contribution in [0.4, 0.5) is 0 Å². The van der Waals surface area contributed by atoms with Crippen LogP contribution >= 0.6 is 0 Å². The highest BCUT2D eigenvalue weighted by molar-refractivity contribution is 5.89. The van der Waals surface area contributed by atoms with E-state index < -0.39 is 52.0 Å². The zero-order valence-electron chi connectivity index (χ0n) is 41.0. The number of ether oxygens (including phenoxy) is 3. The smallest absolute Gasteiger partial charge is 0.353 e. The first kappa shape index (κ1) is 51.2. The van der Waals surface area contributed by atoms with E-state index in [-0.39, 0.29) is 84.8 Å². The third kappa shape index (κ3) is 9.89. The van der Waals surface area contributed by atoms with Crippen LogP contribution in [0, 0.1) is 0 Å². The Hall–Kier alpha value is -10.3. The van der Waals surface area contributed by atoms with Gasteiger partial charge in [0.1, 0.15) is 34.5 Å². The standard InChI is InChI=1S/C63H45N3O12/c67-52-37-46(76-58(70)61(73,40-19-7-1-8-20-40)41-21-9-2-10-22-41)31-34-49(52)55-64-56(50-35-32-47(38-53(50)68)77-59(71)62(74,42-23-11-3-12-24-42)43-25-13-4-14-26-43)66-57(65-55)51-36-33-48(39-54(51)69)78-60(72)63(75,44-27-15-5-16-28-44)45-29-17-6-18-30-45/h1-39,67-69,73-75H. The maximum atomic E-state index is 14.0. The normalized spacial score (nSPS) is 11.6. The molecule has 0 aliphatic carbocycles. The highest BCUT2D eigenvalue weighted by Crippen LogP contribution is 2.41. The topological polar surface area (TPSA) is 239 Å². The van der Waals surface area contributed by atoms with E-state index in [4.69, 9.17) is 14.2 Å². The molecule has 0 unspecified atom stereocenters. The second kappa shape index (κ2) is 21.5. The Bertz CT molecular complexity index is 3270. The fraction of sp³-hybridized carbons (Fsp3) is 0.0476. The van der Waals surface area contributed by atoms with Crippen molar-refractivity contribution in [2.75, 3.05) is 0 Å². The largest absolute Gasteiger partial charge is 0.507 e. The number of aliphatic hydroxyl groups is 3. The van der Waals surface area contributed by atoms with Gasteiger partial charge in [0.25, 0.3) is 0 Å². The first-order chi connectivity index (χ1) is 37.8. The number of phenolic OH excluding ortho intramolecular Hbond substituents is 3. The number of carbonyl (C=O) groups excluding carboxylic acids is 3. The lowest BCUT2D eigenvalue weighted by Gasteiger charge is -2.27. The molecule has 0 radical (unpaired) electrons. The van der Waals surface area contributed by atoms with Gasteiger partial charge in [-0.1, -0.05) is 182 Å². The van der Waals surface area contributed by atoms with Crippen molar-refractivity contribution in [3.05, 3.63) is 270 Å². The van der Waals surface area contributed by atoms with Crippen molar-refractivity contribution in [1.82, 2.24) is 15.0 Å². The molecule has 15 nitrogen and oxygen atoms in total. The number of aromatic nitrogens is 3. The van der Waals surface area contributed by atoms with Gasteiger partial charge < -0.3 is 44.8 Å². The lowest BCUT2D eigenvalue weighted by atomic mass is 9.86. The molecule has 0 saturated heterocycles. The van der Waals surface area contributed by atoms with Crippen LogP contribution in [-0.2, 0) is 31.2 Å². The number of benzene rings is 9. The molecule has 1 aromatic heterocycles. The number of hydrogen-bond donors (Lipinski definition) is 6. The summed E-state index contributed by atoms with van der Waals surface area (Å²) in [7, 11) is 0. The molecule has 0 aliphatic heterocycles. The maximum Gasteiger partial charge on any atom is 0.353 e. The summed E-state index contributed by atoms with van der Waals surface area (Å²) in [5.41, 5.74) is -5.48. The lowest BCUT2D eigenvalue weighted by Crippen LogP contribution is -2.40. The van der Waals surface area contributed by atoms with Gasteiger partial charge in [-0.3, -0.25) is 0 Å². The van der Waals surface area contributed by atoms with Gasteiger partial charge in [0.2, 0.25) is 16.8 Å². The lowest BCUT2D eigenvalue weighted by molar-refractivity contribution is -0.152. The molecule has 0 fully saturated rings. The predicted molar refractivity (Wildman–Crippen MR) is 286 cm³/mol. The van der Waals surface area contributed by atoms with Gasteiger partial charge in [-0.05, 0) is 69.8 Å². The molecule has 78 heavy (non-hydrogen) atoms. The number of hydrogen-bond acceptors (Lipinski definition) is 15. The second-order valence-corrected chi connectivity index (χ2v) is 17.8. The van der Waals surface area contributed by atoms with Gasteiger partial charge in [0, 0.05) is 18.2 Å². The van der Waals surface area contributed by atoms with Crippen LogP contribution in [0.5, 0.6) is 34.5 Å². The summed E-state index contributed by atoms with van der Waals surface area (Å²) in [6.45, 7) is 0. The van der Waals surface area contributed by atoms with Crippen molar-refractivity contribution in [3.8, 4) is 68.7 Å². The Morgan fingerprint density at radius 1 is 0.295 bits per heavy atom. The van der Waals surface area contributed by atoms with Crippen LogP contribution in [-0.4, -0.2) is 63.5 Å². The Labute approximate surface area is 445 Å². The van der Waals surface area contributed by atoms with Crippen molar-refractivity contribution in [3.63, 3.8) is 0 Å². The fourth-order valence-electron chi connectivity index (χ4n) is 8.86. The molecule has 0 atom stereocenters. The Morgan fingerprint density at radius 2 is 0.487 bits per heavy atom. The number of carbonyl (C=O) groups is 3. The summed E-state index contributed by atoms with van der Waals surface area (Å²) in [5.74, 6) is -5.85. The molecule has 6 N–H and O–H groups in total. The van der Waals surface area contributed by atoms with E-state index in [1.54, 1.807) is 182 Å². The fourth-order valence-corrected chi connectivity index (χ4v) is 8.86. The maximum absolute atomic E-state index is 14.0. The van der Waals surface area contributed by atoms with Crippen molar-refractivity contribution >= 4 is 17.9 Å². The van der Waals surface area contributed by atoms with E-state index >= 15 is 0 Å². The molecular formula is C63H45N3O12. The van der Waals surface area contributed by atoms with E-state index in [2.05, 4.69) is 15.0 Å². The molecular weight excluding hydrogens is 991 g/mol. The molecule has 1 heterocycles. The van der Waals surface area contributed by atoms with Crippen molar-refractivity contribution in [2.45, 2.75) is 16.8 Å². The average molecular weight is 1040 g/mol. The van der Waals surface area contributed by atoms with Crippen molar-refractivity contribution < 1.29 is 59.2 Å². The number of nitrogens with zero attached hydrogens (tertiary/aromatic N) is 3. The molecule has 10 aromatic rings. The van der Waals surface area contributed by atoms with E-state index in [1.807, 2.05) is 0 Å². The first-order valence-corrected chi connectivity index (χ1v) is 24.2. The number of esters is 3. The molecule has 0 spiro atoms. The third-order valence-corrected chi connectivity index (χ3v) is 12.9. The highest BCUT2D eigenvalue weighted by atomic mass is 16.6. The van der Waals surface area contributed by atoms with E-state index in [1.165, 1.54) is 36.4 Å². The number of phenols is 3. The van der Waals surface area contributed by atoms with Crippen LogP contribution in [0.1, 0.15) is 33.4 Å². The molecule has 0 aliphatic rings. The minimum absolute atomic E-state index is 0.0432. The van der Waals surface area contributed by atoms with E-state index in [9.17, 15) is 45.0 Å². The van der Waals surface area contributed by atoms with Crippen LogP contribution in [0.3, 0.4) is 0 Å². The molecule has 0 saturated carbocycles. The van der Waals surface area contributed by atoms with Gasteiger partial charge in [-0.25, -0.2) is 29.3 Å². The highest BCUT2D eigenvalue weighted by Gasteiger charge is 2.44. The van der Waals surface area contributed by atoms with E-state index in [0.29, 0.717) is 0 Å². The number of aromatic hydroxyl groups is 3. The minimum Gasteiger partial charge on any atom is -0.507 e. The van der Waals surface area contributed by atoms with Crippen LogP contribution < -0.4 is 14.2 Å². The molecule has 9 aromatic carbocycles. The molecule has 0 amide bonds.